The van der Waals surface area contributed by atoms with E-state index in [0.29, 0.717) is 19.1 Å². The van der Waals surface area contributed by atoms with Crippen LogP contribution in [0.2, 0.25) is 5.02 Å². The second-order valence-electron chi connectivity index (χ2n) is 7.15. The van der Waals surface area contributed by atoms with Crippen LogP contribution in [0.15, 0.2) is 41.5 Å². The molecule has 3 rings (SSSR count). The van der Waals surface area contributed by atoms with E-state index in [2.05, 4.69) is 34.1 Å². The molecule has 0 unspecified atom stereocenters. The Bertz CT molecular complexity index is 916. The Morgan fingerprint density at radius 3 is 2.70 bits per heavy atom. The van der Waals surface area contributed by atoms with Gasteiger partial charge in [0.25, 0.3) is 0 Å². The second kappa shape index (κ2) is 10.7. The summed E-state index contributed by atoms with van der Waals surface area (Å²) in [5, 5.41) is 7.91. The minimum Gasteiger partial charge on any atom is -0.375 e. The molecule has 0 bridgehead atoms. The van der Waals surface area contributed by atoms with Gasteiger partial charge in [-0.2, -0.15) is 5.10 Å². The maximum Gasteiger partial charge on any atom is 0.184 e. The summed E-state index contributed by atoms with van der Waals surface area (Å²) in [7, 11) is 0. The van der Waals surface area contributed by atoms with Crippen LogP contribution < -0.4 is 21.4 Å². The van der Waals surface area contributed by atoms with E-state index in [4.69, 9.17) is 17.3 Å². The number of nitrogens with one attached hydrogen (secondary N) is 2. The third kappa shape index (κ3) is 6.35. The van der Waals surface area contributed by atoms with Crippen molar-refractivity contribution in [3.05, 3.63) is 64.2 Å². The minimum atomic E-state index is -0.554. The second-order valence-corrected chi connectivity index (χ2v) is 8.03. The summed E-state index contributed by atoms with van der Waals surface area (Å²) in [5.74, 6) is -1.04. The molecule has 2 aromatic rings. The number of halogens is 3. The van der Waals surface area contributed by atoms with Crippen molar-refractivity contribution < 1.29 is 8.78 Å². The van der Waals surface area contributed by atoms with Crippen molar-refractivity contribution in [2.75, 3.05) is 24.5 Å². The first-order valence-electron chi connectivity index (χ1n) is 9.72. The van der Waals surface area contributed by atoms with Gasteiger partial charge in [-0.05, 0) is 61.8 Å². The molecular weight excluding hydrogens is 428 g/mol. The fourth-order valence-electron chi connectivity index (χ4n) is 3.50. The number of hydrogen-bond acceptors (Lipinski definition) is 4. The monoisotopic (exact) mass is 451 g/mol. The van der Waals surface area contributed by atoms with Gasteiger partial charge < -0.3 is 16.0 Å². The molecule has 0 aliphatic carbocycles. The van der Waals surface area contributed by atoms with Gasteiger partial charge in [-0.3, -0.25) is 5.43 Å². The predicted molar refractivity (Wildman–Crippen MR) is 122 cm³/mol. The van der Waals surface area contributed by atoms with E-state index in [9.17, 15) is 8.78 Å². The quantitative estimate of drug-likeness (QED) is 0.341. The van der Waals surface area contributed by atoms with Gasteiger partial charge in [-0.1, -0.05) is 23.7 Å². The predicted octanol–water partition coefficient (Wildman–Crippen LogP) is 3.59. The summed E-state index contributed by atoms with van der Waals surface area (Å²) in [6.45, 7) is 2.16. The summed E-state index contributed by atoms with van der Waals surface area (Å²) in [4.78, 5) is 1.88. The minimum absolute atomic E-state index is 0.0255. The molecule has 9 heteroatoms. The van der Waals surface area contributed by atoms with Gasteiger partial charge in [0.05, 0.1) is 11.9 Å². The Kier molecular flexibility index (Phi) is 7.95. The number of hydrogen-bond donors (Lipinski definition) is 3. The Labute approximate surface area is 185 Å². The SMILES string of the molecule is NC(=S)NN=Cc1cc(F)c(N2CCC(NCCc3cccc(Cl)c3)CC2)cc1F. The molecule has 5 nitrogen and oxygen atoms in total. The Morgan fingerprint density at radius 1 is 1.23 bits per heavy atom. The first-order chi connectivity index (χ1) is 14.4. The van der Waals surface area contributed by atoms with E-state index in [1.807, 2.05) is 23.1 Å². The third-order valence-corrected chi connectivity index (χ3v) is 5.34. The summed E-state index contributed by atoms with van der Waals surface area (Å²) < 4.78 is 28.9. The molecule has 1 aliphatic rings. The molecule has 0 radical (unpaired) electrons. The van der Waals surface area contributed by atoms with Crippen molar-refractivity contribution in [2.45, 2.75) is 25.3 Å². The van der Waals surface area contributed by atoms with Crippen LogP contribution in [0.25, 0.3) is 0 Å². The molecule has 1 aliphatic heterocycles. The molecular formula is C21H24ClF2N5S. The molecule has 1 fully saturated rings. The van der Waals surface area contributed by atoms with Gasteiger partial charge in [-0.15, -0.1) is 0 Å². The zero-order chi connectivity index (χ0) is 21.5. The number of benzene rings is 2. The standard InChI is InChI=1S/C21H24ClF2N5S/c22-16-3-1-2-14(10-16)4-7-26-17-5-8-29(9-6-17)20-12-18(23)15(11-19(20)24)13-27-28-21(25)30/h1-3,10-13,17,26H,4-9H2,(H3,25,28,30). The highest BCUT2D eigenvalue weighted by molar-refractivity contribution is 7.80. The van der Waals surface area contributed by atoms with Crippen molar-refractivity contribution in [1.82, 2.24) is 10.7 Å². The maximum atomic E-state index is 14.6. The van der Waals surface area contributed by atoms with Gasteiger partial charge >= 0.3 is 0 Å². The Balaban J connectivity index is 1.51. The number of thiocarbonyl (C=S) groups is 1. The van der Waals surface area contributed by atoms with Crippen molar-refractivity contribution in [3.63, 3.8) is 0 Å². The van der Waals surface area contributed by atoms with Gasteiger partial charge in [0.15, 0.2) is 5.11 Å². The van der Waals surface area contributed by atoms with Crippen molar-refractivity contribution in [1.29, 1.82) is 0 Å². The normalized spacial score (nSPS) is 15.0. The largest absolute Gasteiger partial charge is 0.375 e. The Hall–Kier alpha value is -2.29. The lowest BCUT2D eigenvalue weighted by molar-refractivity contribution is 0.414. The zero-order valence-electron chi connectivity index (χ0n) is 16.4. The van der Waals surface area contributed by atoms with E-state index in [1.54, 1.807) is 0 Å². The molecule has 2 aromatic carbocycles. The topological polar surface area (TPSA) is 65.7 Å². The van der Waals surface area contributed by atoms with Crippen LogP contribution in [0.1, 0.15) is 24.0 Å². The summed E-state index contributed by atoms with van der Waals surface area (Å²) >= 11 is 10.6. The van der Waals surface area contributed by atoms with Gasteiger partial charge in [0, 0.05) is 35.8 Å². The number of anilines is 1. The van der Waals surface area contributed by atoms with Crippen molar-refractivity contribution in [3.8, 4) is 0 Å². The number of nitrogens with two attached hydrogens (primary N) is 1. The van der Waals surface area contributed by atoms with E-state index in [0.717, 1.165) is 43.1 Å². The lowest BCUT2D eigenvalue weighted by Crippen LogP contribution is -2.43. The lowest BCUT2D eigenvalue weighted by atomic mass is 10.0. The molecule has 1 heterocycles. The highest BCUT2D eigenvalue weighted by Gasteiger charge is 2.22. The molecule has 160 valence electrons. The summed E-state index contributed by atoms with van der Waals surface area (Å²) in [6, 6.07) is 10.5. The average Bonchev–Trinajstić information content (AvgIpc) is 2.71. The van der Waals surface area contributed by atoms with Crippen molar-refractivity contribution in [2.24, 2.45) is 10.8 Å². The van der Waals surface area contributed by atoms with E-state index < -0.39 is 11.6 Å². The van der Waals surface area contributed by atoms with Crippen LogP contribution in [-0.2, 0) is 6.42 Å². The highest BCUT2D eigenvalue weighted by atomic mass is 35.5. The maximum absolute atomic E-state index is 14.6. The number of piperidine rings is 1. The third-order valence-electron chi connectivity index (χ3n) is 5.02. The van der Waals surface area contributed by atoms with Crippen LogP contribution >= 0.6 is 23.8 Å². The first kappa shape index (κ1) is 22.4. The average molecular weight is 452 g/mol. The number of hydrazone groups is 1. The number of rotatable bonds is 7. The summed E-state index contributed by atoms with van der Waals surface area (Å²) in [5.41, 5.74) is 9.05. The molecule has 30 heavy (non-hydrogen) atoms. The fraction of sp³-hybridized carbons (Fsp3) is 0.333. The smallest absolute Gasteiger partial charge is 0.184 e. The van der Waals surface area contributed by atoms with Crippen LogP contribution in [0.5, 0.6) is 0 Å². The van der Waals surface area contributed by atoms with Gasteiger partial charge in [0.2, 0.25) is 0 Å². The van der Waals surface area contributed by atoms with E-state index >= 15 is 0 Å². The zero-order valence-corrected chi connectivity index (χ0v) is 17.9. The van der Waals surface area contributed by atoms with Crippen LogP contribution in [-0.4, -0.2) is 37.0 Å². The highest BCUT2D eigenvalue weighted by Crippen LogP contribution is 2.26. The lowest BCUT2D eigenvalue weighted by Gasteiger charge is -2.34. The molecule has 0 saturated carbocycles. The Morgan fingerprint density at radius 2 is 2.00 bits per heavy atom. The van der Waals surface area contributed by atoms with Crippen LogP contribution in [0.3, 0.4) is 0 Å². The van der Waals surface area contributed by atoms with Gasteiger partial charge in [-0.25, -0.2) is 8.78 Å². The molecule has 1 saturated heterocycles. The van der Waals surface area contributed by atoms with Gasteiger partial charge in [0.1, 0.15) is 11.6 Å². The molecule has 0 aromatic heterocycles. The molecule has 4 N–H and O–H groups in total. The van der Waals surface area contributed by atoms with E-state index in [-0.39, 0.29) is 16.4 Å². The van der Waals surface area contributed by atoms with Crippen LogP contribution in [0, 0.1) is 11.6 Å². The molecule has 0 atom stereocenters. The van der Waals surface area contributed by atoms with E-state index in [1.165, 1.54) is 11.6 Å². The molecule has 0 amide bonds. The van der Waals surface area contributed by atoms with Crippen molar-refractivity contribution >= 4 is 40.8 Å². The summed E-state index contributed by atoms with van der Waals surface area (Å²) in [6.07, 6.45) is 3.76. The molecule has 0 spiro atoms. The first-order valence-corrected chi connectivity index (χ1v) is 10.5. The van der Waals surface area contributed by atoms with Crippen LogP contribution in [0.4, 0.5) is 14.5 Å². The fourth-order valence-corrected chi connectivity index (χ4v) is 3.76. The number of nitrogens with zero attached hydrogens (tertiary/aromatic N) is 2.